The number of fused-ring (bicyclic) bond motifs is 3. The Labute approximate surface area is 113 Å². The van der Waals surface area contributed by atoms with Gasteiger partial charge in [0, 0.05) is 43.8 Å². The number of aryl methyl sites for hydroxylation is 1. The van der Waals surface area contributed by atoms with Crippen molar-refractivity contribution in [1.29, 1.82) is 0 Å². The summed E-state index contributed by atoms with van der Waals surface area (Å²) in [4.78, 5) is 2.41. The molecule has 1 aromatic heterocycles. The van der Waals surface area contributed by atoms with Crippen LogP contribution in [-0.4, -0.2) is 36.2 Å². The molecule has 102 valence electrons. The smallest absolute Gasteiger partial charge is 0.143 e. The van der Waals surface area contributed by atoms with Crippen LogP contribution in [0.5, 0.6) is 5.75 Å². The Hall–Kier alpha value is -1.52. The van der Waals surface area contributed by atoms with Crippen LogP contribution in [0.25, 0.3) is 10.9 Å². The molecule has 0 unspecified atom stereocenters. The van der Waals surface area contributed by atoms with Gasteiger partial charge in [-0.25, -0.2) is 0 Å². The molecule has 2 N–H and O–H groups in total. The zero-order valence-electron chi connectivity index (χ0n) is 11.6. The maximum absolute atomic E-state index is 5.66. The molecule has 2 heterocycles. The van der Waals surface area contributed by atoms with Crippen molar-refractivity contribution in [3.63, 3.8) is 0 Å². The molecule has 0 spiro atoms. The van der Waals surface area contributed by atoms with E-state index >= 15 is 0 Å². The molecule has 3 rings (SSSR count). The van der Waals surface area contributed by atoms with Gasteiger partial charge in [0.2, 0.25) is 0 Å². The topological polar surface area (TPSA) is 43.4 Å². The first-order valence-corrected chi connectivity index (χ1v) is 6.82. The van der Waals surface area contributed by atoms with E-state index in [2.05, 4.69) is 34.6 Å². The number of aromatic nitrogens is 1. The zero-order chi connectivity index (χ0) is 13.4. The highest BCUT2D eigenvalue weighted by molar-refractivity contribution is 5.90. The summed E-state index contributed by atoms with van der Waals surface area (Å²) in [5, 5.41) is 1.31. The summed E-state index contributed by atoms with van der Waals surface area (Å²) < 4.78 is 7.92. The van der Waals surface area contributed by atoms with Gasteiger partial charge >= 0.3 is 0 Å². The van der Waals surface area contributed by atoms with E-state index in [1.807, 2.05) is 0 Å². The molecule has 19 heavy (non-hydrogen) atoms. The van der Waals surface area contributed by atoms with E-state index in [9.17, 15) is 0 Å². The monoisotopic (exact) mass is 259 g/mol. The Bertz CT molecular complexity index is 603. The number of rotatable bonds is 3. The molecule has 1 aliphatic heterocycles. The van der Waals surface area contributed by atoms with Crippen molar-refractivity contribution < 1.29 is 4.74 Å². The van der Waals surface area contributed by atoms with Gasteiger partial charge in [0.15, 0.2) is 0 Å². The summed E-state index contributed by atoms with van der Waals surface area (Å²) in [5.41, 5.74) is 9.57. The van der Waals surface area contributed by atoms with Crippen LogP contribution >= 0.6 is 0 Å². The van der Waals surface area contributed by atoms with Crippen LogP contribution in [0.4, 0.5) is 0 Å². The van der Waals surface area contributed by atoms with E-state index in [0.717, 1.165) is 38.5 Å². The van der Waals surface area contributed by atoms with Crippen molar-refractivity contribution in [2.24, 2.45) is 5.73 Å². The first-order chi connectivity index (χ1) is 9.24. The van der Waals surface area contributed by atoms with Gasteiger partial charge < -0.3 is 15.0 Å². The third-order valence-corrected chi connectivity index (χ3v) is 4.02. The molecule has 0 atom stereocenters. The van der Waals surface area contributed by atoms with Crippen LogP contribution in [0.1, 0.15) is 11.3 Å². The molecule has 0 saturated carbocycles. The predicted molar refractivity (Wildman–Crippen MR) is 77.6 cm³/mol. The van der Waals surface area contributed by atoms with E-state index in [0.29, 0.717) is 0 Å². The molecule has 2 aromatic rings. The van der Waals surface area contributed by atoms with Crippen molar-refractivity contribution in [2.45, 2.75) is 20.0 Å². The average molecular weight is 259 g/mol. The largest absolute Gasteiger partial charge is 0.495 e. The van der Waals surface area contributed by atoms with Crippen molar-refractivity contribution in [3.8, 4) is 5.75 Å². The lowest BCUT2D eigenvalue weighted by Gasteiger charge is -2.28. The number of ether oxygens (including phenoxy) is 1. The van der Waals surface area contributed by atoms with Crippen LogP contribution in [-0.2, 0) is 13.1 Å². The second kappa shape index (κ2) is 4.87. The van der Waals surface area contributed by atoms with Crippen LogP contribution in [0.3, 0.4) is 0 Å². The van der Waals surface area contributed by atoms with E-state index in [-0.39, 0.29) is 0 Å². The van der Waals surface area contributed by atoms with Crippen LogP contribution in [0.15, 0.2) is 18.2 Å². The van der Waals surface area contributed by atoms with Gasteiger partial charge in [0.1, 0.15) is 5.75 Å². The molecule has 0 radical (unpaired) electrons. The lowest BCUT2D eigenvalue weighted by Crippen LogP contribution is -2.36. The number of hydrogen-bond donors (Lipinski definition) is 1. The SMILES string of the molecule is COc1ccc(C)c2cc3n(c12)CCN(CCN)C3. The van der Waals surface area contributed by atoms with Crippen LogP contribution in [0.2, 0.25) is 0 Å². The Kier molecular flexibility index (Phi) is 3.21. The minimum atomic E-state index is 0.725. The predicted octanol–water partition coefficient (Wildman–Crippen LogP) is 1.73. The molecule has 1 aromatic carbocycles. The molecular weight excluding hydrogens is 238 g/mol. The maximum Gasteiger partial charge on any atom is 0.143 e. The van der Waals surface area contributed by atoms with Gasteiger partial charge in [0.25, 0.3) is 0 Å². The molecule has 4 nitrogen and oxygen atoms in total. The zero-order valence-corrected chi connectivity index (χ0v) is 11.6. The van der Waals surface area contributed by atoms with E-state index < -0.39 is 0 Å². The molecule has 0 aliphatic carbocycles. The lowest BCUT2D eigenvalue weighted by molar-refractivity contribution is 0.229. The Morgan fingerprint density at radius 1 is 1.32 bits per heavy atom. The first kappa shape index (κ1) is 12.5. The summed E-state index contributed by atoms with van der Waals surface area (Å²) in [6, 6.07) is 6.50. The number of benzene rings is 1. The van der Waals surface area contributed by atoms with Gasteiger partial charge in [-0.15, -0.1) is 0 Å². The Morgan fingerprint density at radius 3 is 2.89 bits per heavy atom. The van der Waals surface area contributed by atoms with Crippen molar-refractivity contribution >= 4 is 10.9 Å². The van der Waals surface area contributed by atoms with Crippen molar-refractivity contribution in [2.75, 3.05) is 26.7 Å². The first-order valence-electron chi connectivity index (χ1n) is 6.82. The second-order valence-electron chi connectivity index (χ2n) is 5.20. The number of nitrogens with zero attached hydrogens (tertiary/aromatic N) is 2. The highest BCUT2D eigenvalue weighted by Gasteiger charge is 2.20. The van der Waals surface area contributed by atoms with Gasteiger partial charge in [-0.2, -0.15) is 0 Å². The van der Waals surface area contributed by atoms with E-state index in [4.69, 9.17) is 10.5 Å². The number of hydrogen-bond acceptors (Lipinski definition) is 3. The van der Waals surface area contributed by atoms with E-state index in [1.54, 1.807) is 7.11 Å². The highest BCUT2D eigenvalue weighted by atomic mass is 16.5. The third-order valence-electron chi connectivity index (χ3n) is 4.02. The molecular formula is C15H21N3O. The minimum Gasteiger partial charge on any atom is -0.495 e. The summed E-state index contributed by atoms with van der Waals surface area (Å²) in [6.07, 6.45) is 0. The highest BCUT2D eigenvalue weighted by Crippen LogP contribution is 2.33. The van der Waals surface area contributed by atoms with Crippen LogP contribution in [0, 0.1) is 6.92 Å². The Balaban J connectivity index is 2.11. The molecule has 4 heteroatoms. The molecule has 0 saturated heterocycles. The second-order valence-corrected chi connectivity index (χ2v) is 5.20. The number of nitrogens with two attached hydrogens (primary N) is 1. The van der Waals surface area contributed by atoms with Gasteiger partial charge in [0.05, 0.1) is 12.6 Å². The molecule has 0 fully saturated rings. The summed E-state index contributed by atoms with van der Waals surface area (Å²) in [7, 11) is 1.74. The van der Waals surface area contributed by atoms with Crippen molar-refractivity contribution in [1.82, 2.24) is 9.47 Å². The van der Waals surface area contributed by atoms with Gasteiger partial charge in [-0.05, 0) is 24.6 Å². The van der Waals surface area contributed by atoms with Gasteiger partial charge in [-0.3, -0.25) is 4.90 Å². The molecule has 0 amide bonds. The normalized spacial score (nSPS) is 15.7. The minimum absolute atomic E-state index is 0.725. The maximum atomic E-state index is 5.66. The third kappa shape index (κ3) is 2.01. The standard InChI is InChI=1S/C15H21N3O/c1-11-3-4-14(19-2)15-13(11)9-12-10-17(6-5-16)7-8-18(12)15/h3-4,9H,5-8,10,16H2,1-2H3. The van der Waals surface area contributed by atoms with E-state index in [1.165, 1.54) is 22.2 Å². The summed E-state index contributed by atoms with van der Waals surface area (Å²) in [5.74, 6) is 0.971. The average Bonchev–Trinajstić information content (AvgIpc) is 2.79. The summed E-state index contributed by atoms with van der Waals surface area (Å²) in [6.45, 7) is 6.91. The fourth-order valence-corrected chi connectivity index (χ4v) is 3.01. The molecule has 1 aliphatic rings. The summed E-state index contributed by atoms with van der Waals surface area (Å²) >= 11 is 0. The van der Waals surface area contributed by atoms with Crippen molar-refractivity contribution in [3.05, 3.63) is 29.5 Å². The van der Waals surface area contributed by atoms with Crippen LogP contribution < -0.4 is 10.5 Å². The number of methoxy groups -OCH3 is 1. The fraction of sp³-hybridized carbons (Fsp3) is 0.467. The Morgan fingerprint density at radius 2 is 2.16 bits per heavy atom. The fourth-order valence-electron chi connectivity index (χ4n) is 3.01. The van der Waals surface area contributed by atoms with Gasteiger partial charge in [-0.1, -0.05) is 6.07 Å². The molecule has 0 bridgehead atoms. The lowest BCUT2D eigenvalue weighted by atomic mass is 10.1. The quantitative estimate of drug-likeness (QED) is 0.913.